The molecule has 6 heteroatoms. The van der Waals surface area contributed by atoms with Crippen molar-refractivity contribution in [3.05, 3.63) is 34.0 Å². The summed E-state index contributed by atoms with van der Waals surface area (Å²) in [4.78, 5) is 18.7. The Balaban J connectivity index is 2.08. The molecule has 21 heavy (non-hydrogen) atoms. The van der Waals surface area contributed by atoms with Crippen LogP contribution in [0, 0.1) is 18.3 Å². The van der Waals surface area contributed by atoms with Crippen molar-refractivity contribution in [2.45, 2.75) is 45.1 Å². The van der Waals surface area contributed by atoms with E-state index in [1.54, 1.807) is 12.4 Å². The van der Waals surface area contributed by atoms with Crippen molar-refractivity contribution in [2.24, 2.45) is 0 Å². The van der Waals surface area contributed by atoms with Crippen molar-refractivity contribution in [3.8, 4) is 17.5 Å². The van der Waals surface area contributed by atoms with Gasteiger partial charge in [-0.1, -0.05) is 19.3 Å². The van der Waals surface area contributed by atoms with Crippen molar-refractivity contribution in [1.29, 1.82) is 5.26 Å². The number of aryl methyl sites for hydroxylation is 1. The highest BCUT2D eigenvalue weighted by Crippen LogP contribution is 2.31. The van der Waals surface area contributed by atoms with Gasteiger partial charge < -0.3 is 4.98 Å². The van der Waals surface area contributed by atoms with Gasteiger partial charge >= 0.3 is 0 Å². The number of hydrogen-bond acceptors (Lipinski definition) is 4. The van der Waals surface area contributed by atoms with Crippen molar-refractivity contribution in [1.82, 2.24) is 19.7 Å². The molecule has 1 aliphatic carbocycles. The Kier molecular flexibility index (Phi) is 3.57. The van der Waals surface area contributed by atoms with Gasteiger partial charge in [-0.15, -0.1) is 0 Å². The number of aromatic amines is 1. The molecule has 0 saturated heterocycles. The maximum Gasteiger partial charge on any atom is 0.266 e. The molecule has 0 amide bonds. The fourth-order valence-electron chi connectivity index (χ4n) is 2.97. The molecule has 1 fully saturated rings. The summed E-state index contributed by atoms with van der Waals surface area (Å²) < 4.78 is 1.95. The summed E-state index contributed by atoms with van der Waals surface area (Å²) in [6.45, 7) is 1.82. The van der Waals surface area contributed by atoms with Gasteiger partial charge in [0, 0.05) is 11.3 Å². The second-order valence-corrected chi connectivity index (χ2v) is 5.48. The monoisotopic (exact) mass is 283 g/mol. The molecule has 0 unspecified atom stereocenters. The molecule has 0 bridgehead atoms. The van der Waals surface area contributed by atoms with Gasteiger partial charge in [-0.2, -0.15) is 10.4 Å². The Morgan fingerprint density at radius 1 is 1.38 bits per heavy atom. The molecular weight excluding hydrogens is 266 g/mol. The molecule has 108 valence electrons. The van der Waals surface area contributed by atoms with Gasteiger partial charge in [0.1, 0.15) is 18.0 Å². The summed E-state index contributed by atoms with van der Waals surface area (Å²) >= 11 is 0. The van der Waals surface area contributed by atoms with E-state index in [2.05, 4.69) is 15.1 Å². The quantitative estimate of drug-likeness (QED) is 0.916. The highest BCUT2D eigenvalue weighted by atomic mass is 16.1. The Bertz CT molecular complexity index is 746. The van der Waals surface area contributed by atoms with E-state index >= 15 is 0 Å². The minimum Gasteiger partial charge on any atom is -0.325 e. The fourth-order valence-corrected chi connectivity index (χ4v) is 2.97. The smallest absolute Gasteiger partial charge is 0.266 e. The van der Waals surface area contributed by atoms with Crippen LogP contribution in [0.5, 0.6) is 0 Å². The highest BCUT2D eigenvalue weighted by Gasteiger charge is 2.21. The van der Waals surface area contributed by atoms with Crippen LogP contribution in [0.4, 0.5) is 0 Å². The zero-order valence-electron chi connectivity index (χ0n) is 12.0. The molecule has 0 spiro atoms. The SMILES string of the molecule is Cc1[nH]c(=O)c(C#N)cc1-c1ncnn1C1CCCCC1. The van der Waals surface area contributed by atoms with E-state index in [1.807, 2.05) is 17.7 Å². The standard InChI is InChI=1S/C15H17N5O/c1-10-13(7-11(8-16)15(21)19-10)14-17-9-18-20(14)12-5-3-2-4-6-12/h7,9,12H,2-6H2,1H3,(H,19,21). The van der Waals surface area contributed by atoms with Gasteiger partial charge in [-0.05, 0) is 25.8 Å². The number of H-pyrrole nitrogens is 1. The van der Waals surface area contributed by atoms with Gasteiger partial charge in [0.2, 0.25) is 0 Å². The molecule has 1 aliphatic rings. The van der Waals surface area contributed by atoms with Crippen molar-refractivity contribution in [3.63, 3.8) is 0 Å². The number of pyridine rings is 1. The lowest BCUT2D eigenvalue weighted by Gasteiger charge is -2.23. The van der Waals surface area contributed by atoms with E-state index in [4.69, 9.17) is 5.26 Å². The van der Waals surface area contributed by atoms with Gasteiger partial charge in [-0.3, -0.25) is 4.79 Å². The number of nitrogens with zero attached hydrogens (tertiary/aromatic N) is 4. The van der Waals surface area contributed by atoms with Gasteiger partial charge in [-0.25, -0.2) is 9.67 Å². The summed E-state index contributed by atoms with van der Waals surface area (Å²) in [5, 5.41) is 13.4. The second kappa shape index (κ2) is 5.52. The molecular formula is C15H17N5O. The van der Waals surface area contributed by atoms with Crippen LogP contribution < -0.4 is 5.56 Å². The average molecular weight is 283 g/mol. The first-order valence-electron chi connectivity index (χ1n) is 7.24. The fraction of sp³-hybridized carbons (Fsp3) is 0.467. The largest absolute Gasteiger partial charge is 0.325 e. The Labute approximate surface area is 122 Å². The third-order valence-corrected chi connectivity index (χ3v) is 4.09. The van der Waals surface area contributed by atoms with E-state index in [0.29, 0.717) is 11.7 Å². The molecule has 0 aliphatic heterocycles. The van der Waals surface area contributed by atoms with Crippen LogP contribution in [0.15, 0.2) is 17.2 Å². The van der Waals surface area contributed by atoms with Crippen LogP contribution in [-0.2, 0) is 0 Å². The minimum absolute atomic E-state index is 0.105. The molecule has 2 aromatic rings. The summed E-state index contributed by atoms with van der Waals surface area (Å²) in [5.41, 5.74) is 1.23. The topological polar surface area (TPSA) is 87.4 Å². The zero-order chi connectivity index (χ0) is 14.8. The van der Waals surface area contributed by atoms with E-state index in [-0.39, 0.29) is 11.1 Å². The molecule has 2 aromatic heterocycles. The Morgan fingerprint density at radius 2 is 2.14 bits per heavy atom. The lowest BCUT2D eigenvalue weighted by molar-refractivity contribution is 0.331. The number of nitriles is 1. The third kappa shape index (κ3) is 2.47. The van der Waals surface area contributed by atoms with E-state index < -0.39 is 0 Å². The van der Waals surface area contributed by atoms with Crippen LogP contribution in [0.3, 0.4) is 0 Å². The predicted octanol–water partition coefficient (Wildman–Crippen LogP) is 2.32. The molecule has 0 aromatic carbocycles. The number of hydrogen-bond donors (Lipinski definition) is 1. The van der Waals surface area contributed by atoms with Gasteiger partial charge in [0.05, 0.1) is 6.04 Å². The first-order chi connectivity index (χ1) is 10.2. The molecule has 1 saturated carbocycles. The first-order valence-corrected chi connectivity index (χ1v) is 7.24. The summed E-state index contributed by atoms with van der Waals surface area (Å²) in [6.07, 6.45) is 7.43. The lowest BCUT2D eigenvalue weighted by atomic mass is 9.95. The van der Waals surface area contributed by atoms with Crippen molar-refractivity contribution >= 4 is 0 Å². The summed E-state index contributed by atoms with van der Waals surface area (Å²) in [6, 6.07) is 3.89. The van der Waals surface area contributed by atoms with Crippen LogP contribution in [0.25, 0.3) is 11.4 Å². The molecule has 3 rings (SSSR count). The normalized spacial score (nSPS) is 15.8. The molecule has 6 nitrogen and oxygen atoms in total. The highest BCUT2D eigenvalue weighted by molar-refractivity contribution is 5.60. The third-order valence-electron chi connectivity index (χ3n) is 4.09. The van der Waals surface area contributed by atoms with Gasteiger partial charge in [0.15, 0.2) is 5.82 Å². The van der Waals surface area contributed by atoms with E-state index in [9.17, 15) is 4.79 Å². The summed E-state index contributed by atoms with van der Waals surface area (Å²) in [7, 11) is 0. The van der Waals surface area contributed by atoms with Crippen molar-refractivity contribution in [2.75, 3.05) is 0 Å². The minimum atomic E-state index is -0.359. The van der Waals surface area contributed by atoms with E-state index in [0.717, 1.165) is 24.2 Å². The number of aromatic nitrogens is 4. The van der Waals surface area contributed by atoms with Crippen LogP contribution in [0.2, 0.25) is 0 Å². The second-order valence-electron chi connectivity index (χ2n) is 5.48. The number of nitrogens with one attached hydrogen (secondary N) is 1. The zero-order valence-corrected chi connectivity index (χ0v) is 12.0. The molecule has 2 heterocycles. The van der Waals surface area contributed by atoms with Crippen LogP contribution >= 0.6 is 0 Å². The van der Waals surface area contributed by atoms with Crippen LogP contribution in [-0.4, -0.2) is 19.7 Å². The first kappa shape index (κ1) is 13.6. The maximum atomic E-state index is 11.7. The molecule has 1 N–H and O–H groups in total. The average Bonchev–Trinajstić information content (AvgIpc) is 2.97. The lowest BCUT2D eigenvalue weighted by Crippen LogP contribution is -2.17. The van der Waals surface area contributed by atoms with Gasteiger partial charge in [0.25, 0.3) is 5.56 Å². The summed E-state index contributed by atoms with van der Waals surface area (Å²) in [5.74, 6) is 0.729. The Morgan fingerprint density at radius 3 is 2.86 bits per heavy atom. The van der Waals surface area contributed by atoms with E-state index in [1.165, 1.54) is 19.3 Å². The van der Waals surface area contributed by atoms with Crippen molar-refractivity contribution < 1.29 is 0 Å². The molecule has 0 atom stereocenters. The Hall–Kier alpha value is -2.42. The number of rotatable bonds is 2. The maximum absolute atomic E-state index is 11.7. The van der Waals surface area contributed by atoms with Crippen LogP contribution in [0.1, 0.15) is 49.4 Å². The molecule has 0 radical (unpaired) electrons. The predicted molar refractivity (Wildman–Crippen MR) is 77.7 cm³/mol.